The molecule has 4 heteroatoms. The average molecular weight is 309 g/mol. The normalized spacial score (nSPS) is 11.0. The third kappa shape index (κ3) is 4.77. The summed E-state index contributed by atoms with van der Waals surface area (Å²) >= 11 is 11.4. The SMILES string of the molecule is CSCCN(C)Cc1ccc(Br)cc1Cl. The Morgan fingerprint density at radius 3 is 2.80 bits per heavy atom. The second-order valence-corrected chi connectivity index (χ2v) is 5.77. The van der Waals surface area contributed by atoms with Crippen molar-refractivity contribution in [3.8, 4) is 0 Å². The summed E-state index contributed by atoms with van der Waals surface area (Å²) in [6.07, 6.45) is 2.13. The Bertz CT molecular complexity index is 319. The fourth-order valence-corrected chi connectivity index (χ4v) is 2.49. The zero-order valence-corrected chi connectivity index (χ0v) is 12.1. The molecule has 15 heavy (non-hydrogen) atoms. The summed E-state index contributed by atoms with van der Waals surface area (Å²) in [6.45, 7) is 2.00. The molecule has 1 aromatic rings. The molecule has 0 aliphatic carbocycles. The highest BCUT2D eigenvalue weighted by molar-refractivity contribution is 9.10. The third-order valence-corrected chi connectivity index (χ3v) is 3.57. The second kappa shape index (κ2) is 6.79. The third-order valence-electron chi connectivity index (χ3n) is 2.13. The number of rotatable bonds is 5. The highest BCUT2D eigenvalue weighted by Gasteiger charge is 2.04. The zero-order valence-electron chi connectivity index (χ0n) is 8.96. The smallest absolute Gasteiger partial charge is 0.0462 e. The molecule has 0 saturated heterocycles. The summed E-state index contributed by atoms with van der Waals surface area (Å²) in [5.41, 5.74) is 1.18. The molecule has 0 unspecified atom stereocenters. The van der Waals surface area contributed by atoms with Gasteiger partial charge in [-0.25, -0.2) is 0 Å². The van der Waals surface area contributed by atoms with Crippen molar-refractivity contribution in [2.24, 2.45) is 0 Å². The number of halogens is 2. The summed E-state index contributed by atoms with van der Waals surface area (Å²) in [6, 6.07) is 6.05. The molecule has 0 fully saturated rings. The van der Waals surface area contributed by atoms with Crippen molar-refractivity contribution in [3.05, 3.63) is 33.3 Å². The summed E-state index contributed by atoms with van der Waals surface area (Å²) in [7, 11) is 2.12. The van der Waals surface area contributed by atoms with Crippen LogP contribution < -0.4 is 0 Å². The largest absolute Gasteiger partial charge is 0.301 e. The summed E-state index contributed by atoms with van der Waals surface area (Å²) in [5, 5.41) is 0.834. The van der Waals surface area contributed by atoms with Crippen LogP contribution in [-0.4, -0.2) is 30.5 Å². The van der Waals surface area contributed by atoms with E-state index in [1.807, 2.05) is 23.9 Å². The fourth-order valence-electron chi connectivity index (χ4n) is 1.27. The predicted octanol–water partition coefficient (Wildman–Crippen LogP) is 3.90. The Hall–Kier alpha value is 0.300. The van der Waals surface area contributed by atoms with Crippen LogP contribution in [0.4, 0.5) is 0 Å². The van der Waals surface area contributed by atoms with Crippen LogP contribution in [0.5, 0.6) is 0 Å². The summed E-state index contributed by atoms with van der Waals surface area (Å²) in [4.78, 5) is 2.28. The minimum atomic E-state index is 0.834. The van der Waals surface area contributed by atoms with E-state index < -0.39 is 0 Å². The van der Waals surface area contributed by atoms with Crippen LogP contribution in [0, 0.1) is 0 Å². The molecule has 0 saturated carbocycles. The first kappa shape index (κ1) is 13.4. The van der Waals surface area contributed by atoms with Gasteiger partial charge in [0.05, 0.1) is 0 Å². The van der Waals surface area contributed by atoms with Crippen LogP contribution >= 0.6 is 39.3 Å². The number of benzene rings is 1. The molecule has 0 atom stereocenters. The van der Waals surface area contributed by atoms with Crippen molar-refractivity contribution in [3.63, 3.8) is 0 Å². The molecular formula is C11H15BrClNS. The highest BCUT2D eigenvalue weighted by atomic mass is 79.9. The Labute approximate surface area is 109 Å². The predicted molar refractivity (Wildman–Crippen MR) is 73.9 cm³/mol. The Morgan fingerprint density at radius 1 is 1.47 bits per heavy atom. The molecule has 0 radical (unpaired) electrons. The van der Waals surface area contributed by atoms with Gasteiger partial charge in [-0.1, -0.05) is 33.6 Å². The van der Waals surface area contributed by atoms with Crippen molar-refractivity contribution in [2.75, 3.05) is 25.6 Å². The van der Waals surface area contributed by atoms with E-state index in [1.165, 1.54) is 5.56 Å². The van der Waals surface area contributed by atoms with Crippen LogP contribution in [-0.2, 0) is 6.54 Å². The minimum absolute atomic E-state index is 0.834. The van der Waals surface area contributed by atoms with Gasteiger partial charge in [-0.3, -0.25) is 0 Å². The van der Waals surface area contributed by atoms with Crippen LogP contribution in [0.3, 0.4) is 0 Å². The van der Waals surface area contributed by atoms with E-state index in [1.54, 1.807) is 0 Å². The molecule has 1 rings (SSSR count). The van der Waals surface area contributed by atoms with E-state index in [4.69, 9.17) is 11.6 Å². The molecule has 0 aliphatic heterocycles. The first-order valence-electron chi connectivity index (χ1n) is 4.75. The number of hydrogen-bond donors (Lipinski definition) is 0. The standard InChI is InChI=1S/C11H15BrClNS/c1-14(5-6-15-2)8-9-3-4-10(12)7-11(9)13/h3-4,7H,5-6,8H2,1-2H3. The maximum atomic E-state index is 6.15. The molecule has 1 aromatic carbocycles. The molecular weight excluding hydrogens is 294 g/mol. The van der Waals surface area contributed by atoms with Crippen LogP contribution in [0.1, 0.15) is 5.56 Å². The quantitative estimate of drug-likeness (QED) is 0.811. The van der Waals surface area contributed by atoms with Crippen molar-refractivity contribution >= 4 is 39.3 Å². The molecule has 0 spiro atoms. The first-order chi connectivity index (χ1) is 7.13. The van der Waals surface area contributed by atoms with Gasteiger partial charge in [0.1, 0.15) is 0 Å². The van der Waals surface area contributed by atoms with E-state index >= 15 is 0 Å². The zero-order chi connectivity index (χ0) is 11.3. The molecule has 1 nitrogen and oxygen atoms in total. The van der Waals surface area contributed by atoms with Gasteiger partial charge in [-0.15, -0.1) is 0 Å². The Balaban J connectivity index is 2.56. The topological polar surface area (TPSA) is 3.24 Å². The van der Waals surface area contributed by atoms with Gasteiger partial charge in [0.15, 0.2) is 0 Å². The van der Waals surface area contributed by atoms with Gasteiger partial charge in [0.25, 0.3) is 0 Å². The lowest BCUT2D eigenvalue weighted by atomic mass is 10.2. The molecule has 0 aliphatic rings. The van der Waals surface area contributed by atoms with Crippen molar-refractivity contribution in [2.45, 2.75) is 6.54 Å². The van der Waals surface area contributed by atoms with E-state index in [9.17, 15) is 0 Å². The molecule has 0 aromatic heterocycles. The first-order valence-corrected chi connectivity index (χ1v) is 7.31. The molecule has 0 bridgehead atoms. The maximum absolute atomic E-state index is 6.15. The van der Waals surface area contributed by atoms with Crippen LogP contribution in [0.2, 0.25) is 5.02 Å². The van der Waals surface area contributed by atoms with E-state index in [0.717, 1.165) is 28.3 Å². The average Bonchev–Trinajstić information content (AvgIpc) is 2.19. The fraction of sp³-hybridized carbons (Fsp3) is 0.455. The minimum Gasteiger partial charge on any atom is -0.301 e. The highest BCUT2D eigenvalue weighted by Crippen LogP contribution is 2.22. The summed E-state index contributed by atoms with van der Waals surface area (Å²) < 4.78 is 1.03. The number of nitrogens with zero attached hydrogens (tertiary/aromatic N) is 1. The van der Waals surface area contributed by atoms with Crippen molar-refractivity contribution in [1.29, 1.82) is 0 Å². The van der Waals surface area contributed by atoms with Gasteiger partial charge < -0.3 is 4.90 Å². The van der Waals surface area contributed by atoms with Crippen LogP contribution in [0.15, 0.2) is 22.7 Å². The number of thioether (sulfide) groups is 1. The van der Waals surface area contributed by atoms with Crippen LogP contribution in [0.25, 0.3) is 0 Å². The second-order valence-electron chi connectivity index (χ2n) is 3.47. The van der Waals surface area contributed by atoms with Gasteiger partial charge in [-0.2, -0.15) is 11.8 Å². The van der Waals surface area contributed by atoms with Gasteiger partial charge in [-0.05, 0) is 31.0 Å². The maximum Gasteiger partial charge on any atom is 0.0462 e. The van der Waals surface area contributed by atoms with Gasteiger partial charge in [0, 0.05) is 28.3 Å². The molecule has 84 valence electrons. The summed E-state index contributed by atoms with van der Waals surface area (Å²) in [5.74, 6) is 1.16. The van der Waals surface area contributed by atoms with Crippen molar-refractivity contribution < 1.29 is 0 Å². The number of hydrogen-bond acceptors (Lipinski definition) is 2. The lowest BCUT2D eigenvalue weighted by Crippen LogP contribution is -2.20. The van der Waals surface area contributed by atoms with E-state index in [2.05, 4.69) is 40.2 Å². The molecule has 0 heterocycles. The Morgan fingerprint density at radius 2 is 2.20 bits per heavy atom. The van der Waals surface area contributed by atoms with Gasteiger partial charge >= 0.3 is 0 Å². The van der Waals surface area contributed by atoms with E-state index in [-0.39, 0.29) is 0 Å². The lowest BCUT2D eigenvalue weighted by Gasteiger charge is -2.16. The monoisotopic (exact) mass is 307 g/mol. The van der Waals surface area contributed by atoms with Crippen molar-refractivity contribution in [1.82, 2.24) is 4.90 Å². The molecule has 0 amide bonds. The van der Waals surface area contributed by atoms with E-state index in [0.29, 0.717) is 0 Å². The Kier molecular flexibility index (Phi) is 6.05. The molecule has 0 N–H and O–H groups in total. The lowest BCUT2D eigenvalue weighted by molar-refractivity contribution is 0.349. The van der Waals surface area contributed by atoms with Gasteiger partial charge in [0.2, 0.25) is 0 Å².